The van der Waals surface area contributed by atoms with Crippen molar-refractivity contribution in [1.82, 2.24) is 5.32 Å². The van der Waals surface area contributed by atoms with Gasteiger partial charge in [0.15, 0.2) is 0 Å². The van der Waals surface area contributed by atoms with E-state index in [-0.39, 0.29) is 17.8 Å². The third-order valence-electron chi connectivity index (χ3n) is 2.99. The van der Waals surface area contributed by atoms with Crippen LogP contribution >= 0.6 is 0 Å². The normalized spacial score (nSPS) is 13.3. The Morgan fingerprint density at radius 3 is 2.72 bits per heavy atom. The number of hydrogen-bond acceptors (Lipinski definition) is 2. The minimum absolute atomic E-state index is 0.158. The van der Waals surface area contributed by atoms with Crippen LogP contribution in [0, 0.1) is 11.2 Å². The van der Waals surface area contributed by atoms with E-state index in [1.165, 1.54) is 12.1 Å². The summed E-state index contributed by atoms with van der Waals surface area (Å²) in [6, 6.07) is 6.70. The maximum Gasteiger partial charge on any atom is 0.224 e. The summed E-state index contributed by atoms with van der Waals surface area (Å²) in [5.41, 5.74) is 5.66. The van der Waals surface area contributed by atoms with Crippen LogP contribution in [0.5, 0.6) is 0 Å². The number of carbonyl (C=O) groups excluding carboxylic acids is 1. The first-order valence-corrected chi connectivity index (χ1v) is 6.09. The Morgan fingerprint density at radius 2 is 2.17 bits per heavy atom. The summed E-state index contributed by atoms with van der Waals surface area (Å²) in [4.78, 5) is 11.2. The molecule has 1 atom stereocenters. The molecule has 0 radical (unpaired) electrons. The highest BCUT2D eigenvalue weighted by Crippen LogP contribution is 2.13. The molecule has 1 aromatic carbocycles. The van der Waals surface area contributed by atoms with Crippen molar-refractivity contribution in [3.8, 4) is 0 Å². The van der Waals surface area contributed by atoms with E-state index >= 15 is 0 Å². The predicted molar refractivity (Wildman–Crippen MR) is 70.5 cm³/mol. The van der Waals surface area contributed by atoms with Crippen molar-refractivity contribution < 1.29 is 9.18 Å². The molecule has 0 heterocycles. The standard InChI is InChI=1S/C14H21FN2O/c1-10(17-9-14(2,3)13(16)18)7-11-5-4-6-12(15)8-11/h4-6,8,10,17H,7,9H2,1-3H3,(H2,16,18). The zero-order valence-corrected chi connectivity index (χ0v) is 11.2. The zero-order chi connectivity index (χ0) is 13.8. The van der Waals surface area contributed by atoms with Gasteiger partial charge in [0.1, 0.15) is 5.82 Å². The van der Waals surface area contributed by atoms with Crippen molar-refractivity contribution in [1.29, 1.82) is 0 Å². The van der Waals surface area contributed by atoms with E-state index in [4.69, 9.17) is 5.73 Å². The number of nitrogens with one attached hydrogen (secondary N) is 1. The smallest absolute Gasteiger partial charge is 0.224 e. The molecule has 100 valence electrons. The van der Waals surface area contributed by atoms with Crippen molar-refractivity contribution in [2.75, 3.05) is 6.54 Å². The van der Waals surface area contributed by atoms with Crippen LogP contribution in [-0.4, -0.2) is 18.5 Å². The van der Waals surface area contributed by atoms with Crippen molar-refractivity contribution in [2.45, 2.75) is 33.2 Å². The molecule has 0 aliphatic carbocycles. The first-order valence-electron chi connectivity index (χ1n) is 6.09. The summed E-state index contributed by atoms with van der Waals surface area (Å²) in [5, 5.41) is 3.25. The molecule has 1 aromatic rings. The highest BCUT2D eigenvalue weighted by atomic mass is 19.1. The summed E-state index contributed by atoms with van der Waals surface area (Å²) in [6.07, 6.45) is 0.715. The van der Waals surface area contributed by atoms with Crippen molar-refractivity contribution in [3.05, 3.63) is 35.6 Å². The first kappa shape index (κ1) is 14.6. The SMILES string of the molecule is CC(Cc1cccc(F)c1)NCC(C)(C)C(N)=O. The van der Waals surface area contributed by atoms with E-state index in [1.54, 1.807) is 19.9 Å². The topological polar surface area (TPSA) is 55.1 Å². The van der Waals surface area contributed by atoms with Crippen LogP contribution in [0.25, 0.3) is 0 Å². The molecule has 0 spiro atoms. The average Bonchev–Trinajstić information content (AvgIpc) is 2.26. The summed E-state index contributed by atoms with van der Waals surface area (Å²) in [5.74, 6) is -0.551. The van der Waals surface area contributed by atoms with Gasteiger partial charge in [-0.2, -0.15) is 0 Å². The number of benzene rings is 1. The third kappa shape index (κ3) is 4.45. The quantitative estimate of drug-likeness (QED) is 0.812. The van der Waals surface area contributed by atoms with Crippen molar-refractivity contribution >= 4 is 5.91 Å². The summed E-state index contributed by atoms with van der Waals surface area (Å²) in [6.45, 7) is 6.12. The van der Waals surface area contributed by atoms with Gasteiger partial charge in [0, 0.05) is 12.6 Å². The van der Waals surface area contributed by atoms with Gasteiger partial charge in [0.2, 0.25) is 5.91 Å². The predicted octanol–water partition coefficient (Wildman–Crippen LogP) is 1.86. The summed E-state index contributed by atoms with van der Waals surface area (Å²) < 4.78 is 13.0. The van der Waals surface area contributed by atoms with Crippen LogP contribution in [-0.2, 0) is 11.2 Å². The fourth-order valence-corrected chi connectivity index (χ4v) is 1.61. The monoisotopic (exact) mass is 252 g/mol. The highest BCUT2D eigenvalue weighted by Gasteiger charge is 2.24. The molecule has 0 fully saturated rings. The molecule has 3 N–H and O–H groups in total. The number of rotatable bonds is 6. The van der Waals surface area contributed by atoms with Gasteiger partial charge < -0.3 is 11.1 Å². The zero-order valence-electron chi connectivity index (χ0n) is 11.2. The number of hydrogen-bond donors (Lipinski definition) is 2. The number of nitrogens with two attached hydrogens (primary N) is 1. The maximum absolute atomic E-state index is 13.0. The van der Waals surface area contributed by atoms with Crippen molar-refractivity contribution in [3.63, 3.8) is 0 Å². The van der Waals surface area contributed by atoms with Crippen molar-refractivity contribution in [2.24, 2.45) is 11.1 Å². The largest absolute Gasteiger partial charge is 0.369 e. The molecule has 0 saturated carbocycles. The molecule has 18 heavy (non-hydrogen) atoms. The molecule has 0 aromatic heterocycles. The second kappa shape index (κ2) is 5.96. The fraction of sp³-hybridized carbons (Fsp3) is 0.500. The lowest BCUT2D eigenvalue weighted by Crippen LogP contribution is -2.43. The third-order valence-corrected chi connectivity index (χ3v) is 2.99. The summed E-state index contributed by atoms with van der Waals surface area (Å²) in [7, 11) is 0. The number of carbonyl (C=O) groups is 1. The van der Waals surface area contributed by atoms with Crippen LogP contribution in [0.15, 0.2) is 24.3 Å². The second-order valence-electron chi connectivity index (χ2n) is 5.36. The van der Waals surface area contributed by atoms with Crippen LogP contribution in [0.4, 0.5) is 4.39 Å². The lowest BCUT2D eigenvalue weighted by Gasteiger charge is -2.24. The molecule has 1 amide bonds. The van der Waals surface area contributed by atoms with Crippen LogP contribution in [0.1, 0.15) is 26.3 Å². The van der Waals surface area contributed by atoms with Gasteiger partial charge in [-0.25, -0.2) is 4.39 Å². The lowest BCUT2D eigenvalue weighted by atomic mass is 9.92. The molecule has 4 heteroatoms. The molecule has 3 nitrogen and oxygen atoms in total. The van der Waals surface area contributed by atoms with Crippen LogP contribution in [0.3, 0.4) is 0 Å². The van der Waals surface area contributed by atoms with E-state index in [1.807, 2.05) is 13.0 Å². The molecular weight excluding hydrogens is 231 g/mol. The van der Waals surface area contributed by atoms with Crippen LogP contribution in [0.2, 0.25) is 0 Å². The minimum Gasteiger partial charge on any atom is -0.369 e. The summed E-state index contributed by atoms with van der Waals surface area (Å²) >= 11 is 0. The fourth-order valence-electron chi connectivity index (χ4n) is 1.61. The first-order chi connectivity index (χ1) is 8.31. The van der Waals surface area contributed by atoms with Crippen LogP contribution < -0.4 is 11.1 Å². The molecule has 0 saturated heterocycles. The molecule has 0 aliphatic rings. The lowest BCUT2D eigenvalue weighted by molar-refractivity contribution is -0.125. The Balaban J connectivity index is 2.47. The Hall–Kier alpha value is -1.42. The number of amides is 1. The van der Waals surface area contributed by atoms with E-state index in [9.17, 15) is 9.18 Å². The second-order valence-corrected chi connectivity index (χ2v) is 5.36. The molecule has 1 rings (SSSR count). The molecular formula is C14H21FN2O. The Bertz CT molecular complexity index is 418. The average molecular weight is 252 g/mol. The Morgan fingerprint density at radius 1 is 1.50 bits per heavy atom. The van der Waals surface area contributed by atoms with E-state index in [0.717, 1.165) is 5.56 Å². The minimum atomic E-state index is -0.573. The van der Waals surface area contributed by atoms with Gasteiger partial charge in [0.05, 0.1) is 5.41 Å². The number of primary amides is 1. The Labute approximate surface area is 108 Å². The van der Waals surface area contributed by atoms with E-state index in [0.29, 0.717) is 13.0 Å². The molecule has 0 bridgehead atoms. The van der Waals surface area contributed by atoms with Gasteiger partial charge >= 0.3 is 0 Å². The maximum atomic E-state index is 13.0. The molecule has 1 unspecified atom stereocenters. The van der Waals surface area contributed by atoms with Gasteiger partial charge in [-0.1, -0.05) is 12.1 Å². The van der Waals surface area contributed by atoms with E-state index < -0.39 is 5.41 Å². The van der Waals surface area contributed by atoms with Gasteiger partial charge in [-0.15, -0.1) is 0 Å². The number of halogens is 1. The van der Waals surface area contributed by atoms with Gasteiger partial charge in [-0.3, -0.25) is 4.79 Å². The van der Waals surface area contributed by atoms with Gasteiger partial charge in [0.25, 0.3) is 0 Å². The highest BCUT2D eigenvalue weighted by molar-refractivity contribution is 5.80. The molecule has 0 aliphatic heterocycles. The van der Waals surface area contributed by atoms with Gasteiger partial charge in [-0.05, 0) is 44.9 Å². The van der Waals surface area contributed by atoms with E-state index in [2.05, 4.69) is 5.32 Å². The Kier molecular flexibility index (Phi) is 4.84.